The standard InChI is InChI=1S/C26H29FN2O4S/c1-18-9-10-21(26(28-18)33-16-15-20-7-5-4-6-8-20)12-14-25(30)19(2)22-11-13-24(23(27)17-22)29-34(3,31)32/h4-11,13,17,19,29H,12,14-16H2,1-3H3. The Labute approximate surface area is 200 Å². The number of anilines is 1. The van der Waals surface area contributed by atoms with Crippen LogP contribution in [0.5, 0.6) is 5.88 Å². The smallest absolute Gasteiger partial charge is 0.229 e. The molecule has 0 bridgehead atoms. The number of carbonyl (C=O) groups is 1. The molecule has 0 amide bonds. The summed E-state index contributed by atoms with van der Waals surface area (Å²) in [5, 5.41) is 0. The van der Waals surface area contributed by atoms with Crippen LogP contribution in [0.25, 0.3) is 0 Å². The number of hydrogen-bond donors (Lipinski definition) is 1. The molecular weight excluding hydrogens is 455 g/mol. The van der Waals surface area contributed by atoms with Crippen molar-refractivity contribution in [1.29, 1.82) is 0 Å². The summed E-state index contributed by atoms with van der Waals surface area (Å²) < 4.78 is 45.1. The van der Waals surface area contributed by atoms with Crippen molar-refractivity contribution >= 4 is 21.5 Å². The van der Waals surface area contributed by atoms with Gasteiger partial charge in [-0.25, -0.2) is 17.8 Å². The highest BCUT2D eigenvalue weighted by atomic mass is 32.2. The minimum Gasteiger partial charge on any atom is -0.477 e. The Hall–Kier alpha value is -3.26. The Morgan fingerprint density at radius 2 is 1.82 bits per heavy atom. The SMILES string of the molecule is Cc1ccc(CCC(=O)C(C)c2ccc(NS(C)(=O)=O)c(F)c2)c(OCCc2ccccc2)n1. The molecule has 0 aliphatic rings. The lowest BCUT2D eigenvalue weighted by molar-refractivity contribution is -0.120. The van der Waals surface area contributed by atoms with E-state index in [-0.39, 0.29) is 17.9 Å². The third-order valence-corrected chi connectivity index (χ3v) is 6.05. The fraction of sp³-hybridized carbons (Fsp3) is 0.308. The van der Waals surface area contributed by atoms with E-state index in [4.69, 9.17) is 4.74 Å². The Kier molecular flexibility index (Phi) is 8.39. The van der Waals surface area contributed by atoms with Gasteiger partial charge in [0, 0.05) is 30.0 Å². The molecule has 0 aliphatic heterocycles. The lowest BCUT2D eigenvalue weighted by Crippen LogP contribution is -2.13. The van der Waals surface area contributed by atoms with Gasteiger partial charge < -0.3 is 4.74 Å². The monoisotopic (exact) mass is 484 g/mol. The average Bonchev–Trinajstić information content (AvgIpc) is 2.79. The second-order valence-electron chi connectivity index (χ2n) is 8.30. The molecule has 3 aromatic rings. The molecule has 34 heavy (non-hydrogen) atoms. The van der Waals surface area contributed by atoms with Gasteiger partial charge in [-0.05, 0) is 42.7 Å². The van der Waals surface area contributed by atoms with Crippen LogP contribution in [0.3, 0.4) is 0 Å². The van der Waals surface area contributed by atoms with Gasteiger partial charge in [0.2, 0.25) is 15.9 Å². The number of benzene rings is 2. The van der Waals surface area contributed by atoms with E-state index in [9.17, 15) is 17.6 Å². The molecule has 0 radical (unpaired) electrons. The van der Waals surface area contributed by atoms with Crippen molar-refractivity contribution < 1.29 is 22.3 Å². The maximum Gasteiger partial charge on any atom is 0.229 e. The number of hydrogen-bond acceptors (Lipinski definition) is 5. The van der Waals surface area contributed by atoms with Crippen molar-refractivity contribution in [3.8, 4) is 5.88 Å². The lowest BCUT2D eigenvalue weighted by atomic mass is 9.93. The Balaban J connectivity index is 1.62. The first kappa shape index (κ1) is 25.4. The zero-order chi connectivity index (χ0) is 24.7. The van der Waals surface area contributed by atoms with Gasteiger partial charge >= 0.3 is 0 Å². The first-order chi connectivity index (χ1) is 16.1. The van der Waals surface area contributed by atoms with Gasteiger partial charge in [0.25, 0.3) is 0 Å². The Bertz CT molecular complexity index is 1250. The van der Waals surface area contributed by atoms with Crippen molar-refractivity contribution in [1.82, 2.24) is 4.98 Å². The number of carbonyl (C=O) groups excluding carboxylic acids is 1. The van der Waals surface area contributed by atoms with Gasteiger partial charge in [-0.15, -0.1) is 0 Å². The zero-order valence-corrected chi connectivity index (χ0v) is 20.4. The molecule has 1 N–H and O–H groups in total. The van der Waals surface area contributed by atoms with E-state index in [1.807, 2.05) is 49.4 Å². The van der Waals surface area contributed by atoms with Crippen molar-refractivity contribution in [2.75, 3.05) is 17.6 Å². The largest absolute Gasteiger partial charge is 0.477 e. The van der Waals surface area contributed by atoms with Gasteiger partial charge in [-0.2, -0.15) is 0 Å². The molecule has 1 aromatic heterocycles. The van der Waals surface area contributed by atoms with Crippen LogP contribution < -0.4 is 9.46 Å². The predicted molar refractivity (Wildman–Crippen MR) is 131 cm³/mol. The summed E-state index contributed by atoms with van der Waals surface area (Å²) in [5.74, 6) is -0.792. The first-order valence-corrected chi connectivity index (χ1v) is 12.9. The van der Waals surface area contributed by atoms with Crippen molar-refractivity contribution in [2.45, 2.75) is 39.0 Å². The normalized spacial score (nSPS) is 12.2. The summed E-state index contributed by atoms with van der Waals surface area (Å²) in [7, 11) is -3.59. The number of aryl methyl sites for hydroxylation is 2. The molecule has 0 saturated heterocycles. The molecule has 0 fully saturated rings. The quantitative estimate of drug-likeness (QED) is 0.421. The maximum atomic E-state index is 14.3. The molecule has 6 nitrogen and oxygen atoms in total. The van der Waals surface area contributed by atoms with Crippen LogP contribution in [0.15, 0.2) is 60.7 Å². The summed E-state index contributed by atoms with van der Waals surface area (Å²) in [5.41, 5.74) is 3.19. The maximum absolute atomic E-state index is 14.3. The fourth-order valence-corrected chi connectivity index (χ4v) is 4.10. The molecule has 1 heterocycles. The van der Waals surface area contributed by atoms with E-state index < -0.39 is 21.8 Å². The van der Waals surface area contributed by atoms with Crippen LogP contribution >= 0.6 is 0 Å². The van der Waals surface area contributed by atoms with E-state index in [0.717, 1.165) is 23.9 Å². The van der Waals surface area contributed by atoms with Gasteiger partial charge in [0.05, 0.1) is 18.6 Å². The van der Waals surface area contributed by atoms with E-state index >= 15 is 0 Å². The number of aromatic nitrogens is 1. The third-order valence-electron chi connectivity index (χ3n) is 5.46. The number of Topliss-reactive ketones (excluding diaryl/α,β-unsaturated/α-hetero) is 1. The molecule has 1 atom stereocenters. The summed E-state index contributed by atoms with van der Waals surface area (Å²) in [6.07, 6.45) is 2.40. The Morgan fingerprint density at radius 3 is 2.50 bits per heavy atom. The van der Waals surface area contributed by atoms with Crippen molar-refractivity contribution in [2.24, 2.45) is 0 Å². The molecule has 3 rings (SSSR count). The topological polar surface area (TPSA) is 85.4 Å². The van der Waals surface area contributed by atoms with Crippen LogP contribution in [0, 0.1) is 12.7 Å². The summed E-state index contributed by atoms with van der Waals surface area (Å²) in [4.78, 5) is 17.3. The van der Waals surface area contributed by atoms with Crippen molar-refractivity contribution in [3.63, 3.8) is 0 Å². The summed E-state index contributed by atoms with van der Waals surface area (Å²) >= 11 is 0. The minimum absolute atomic E-state index is 0.0565. The molecule has 2 aromatic carbocycles. The lowest BCUT2D eigenvalue weighted by Gasteiger charge is -2.14. The average molecular weight is 485 g/mol. The van der Waals surface area contributed by atoms with Crippen LogP contribution in [-0.4, -0.2) is 32.0 Å². The number of pyridine rings is 1. The first-order valence-electron chi connectivity index (χ1n) is 11.1. The molecule has 0 spiro atoms. The zero-order valence-electron chi connectivity index (χ0n) is 19.5. The van der Waals surface area contributed by atoms with Crippen LogP contribution in [0.4, 0.5) is 10.1 Å². The predicted octanol–water partition coefficient (Wildman–Crippen LogP) is 4.83. The van der Waals surface area contributed by atoms with Crippen LogP contribution in [-0.2, 0) is 27.7 Å². The molecule has 1 unspecified atom stereocenters. The molecule has 8 heteroatoms. The Morgan fingerprint density at radius 1 is 1.09 bits per heavy atom. The summed E-state index contributed by atoms with van der Waals surface area (Å²) in [6, 6.07) is 17.9. The van der Waals surface area contributed by atoms with E-state index in [2.05, 4.69) is 9.71 Å². The molecule has 180 valence electrons. The highest BCUT2D eigenvalue weighted by Gasteiger charge is 2.19. The van der Waals surface area contributed by atoms with Gasteiger partial charge in [-0.1, -0.05) is 49.4 Å². The van der Waals surface area contributed by atoms with E-state index in [0.29, 0.717) is 24.5 Å². The number of sulfonamides is 1. The van der Waals surface area contributed by atoms with Crippen molar-refractivity contribution in [3.05, 3.63) is 88.9 Å². The van der Waals surface area contributed by atoms with Gasteiger partial charge in [-0.3, -0.25) is 9.52 Å². The van der Waals surface area contributed by atoms with E-state index in [1.165, 1.54) is 17.7 Å². The number of halogens is 1. The van der Waals surface area contributed by atoms with Crippen LogP contribution in [0.1, 0.15) is 41.6 Å². The molecule has 0 aliphatic carbocycles. The summed E-state index contributed by atoms with van der Waals surface area (Å²) in [6.45, 7) is 4.08. The third kappa shape index (κ3) is 7.38. The number of nitrogens with zero attached hydrogens (tertiary/aromatic N) is 1. The molecular formula is C26H29FN2O4S. The van der Waals surface area contributed by atoms with Crippen LogP contribution in [0.2, 0.25) is 0 Å². The minimum atomic E-state index is -3.59. The number of ketones is 1. The van der Waals surface area contributed by atoms with Gasteiger partial charge in [0.15, 0.2) is 0 Å². The van der Waals surface area contributed by atoms with Gasteiger partial charge in [0.1, 0.15) is 11.6 Å². The molecule has 0 saturated carbocycles. The number of nitrogens with one attached hydrogen (secondary N) is 1. The second-order valence-corrected chi connectivity index (χ2v) is 10.1. The van der Waals surface area contributed by atoms with E-state index in [1.54, 1.807) is 13.0 Å². The fourth-order valence-electron chi connectivity index (χ4n) is 3.53. The highest BCUT2D eigenvalue weighted by Crippen LogP contribution is 2.25. The number of rotatable bonds is 11. The highest BCUT2D eigenvalue weighted by molar-refractivity contribution is 7.92. The second kappa shape index (κ2) is 11.2. The number of ether oxygens (including phenoxy) is 1.